The van der Waals surface area contributed by atoms with Gasteiger partial charge in [-0.15, -0.1) is 11.3 Å². The fourth-order valence-corrected chi connectivity index (χ4v) is 2.53. The number of hydrogen-bond donors (Lipinski definition) is 0. The molecule has 0 N–H and O–H groups in total. The van der Waals surface area contributed by atoms with Crippen molar-refractivity contribution in [3.8, 4) is 10.7 Å². The van der Waals surface area contributed by atoms with Crippen molar-refractivity contribution in [3.63, 3.8) is 0 Å². The van der Waals surface area contributed by atoms with E-state index in [1.807, 2.05) is 0 Å². The highest BCUT2D eigenvalue weighted by Crippen LogP contribution is 2.27. The predicted molar refractivity (Wildman–Crippen MR) is 66.5 cm³/mol. The molecule has 0 aromatic carbocycles. The molecule has 5 heteroatoms. The maximum Gasteiger partial charge on any atom is 0.253 e. The molecule has 0 saturated carbocycles. The number of rotatable bonds is 2. The number of allylic oxidation sites excluding steroid dienone is 2. The van der Waals surface area contributed by atoms with Crippen LogP contribution in [0.4, 0.5) is 0 Å². The lowest BCUT2D eigenvalue weighted by Gasteiger charge is -1.96. The first-order valence-electron chi connectivity index (χ1n) is 5.85. The van der Waals surface area contributed by atoms with E-state index in [-0.39, 0.29) is 0 Å². The van der Waals surface area contributed by atoms with Gasteiger partial charge in [0.15, 0.2) is 0 Å². The summed E-state index contributed by atoms with van der Waals surface area (Å²) in [5, 5.41) is 4.01. The lowest BCUT2D eigenvalue weighted by Crippen LogP contribution is -1.84. The third kappa shape index (κ3) is 2.29. The van der Waals surface area contributed by atoms with Crippen molar-refractivity contribution in [2.45, 2.75) is 32.1 Å². The molecule has 0 aliphatic heterocycles. The van der Waals surface area contributed by atoms with Crippen LogP contribution in [0, 0.1) is 0 Å². The van der Waals surface area contributed by atoms with Gasteiger partial charge in [-0.3, -0.25) is 4.98 Å². The Hall–Kier alpha value is -1.49. The summed E-state index contributed by atoms with van der Waals surface area (Å²) < 4.78 is 5.33. The summed E-state index contributed by atoms with van der Waals surface area (Å²) >= 11 is 1.52. The van der Waals surface area contributed by atoms with Crippen molar-refractivity contribution in [2.24, 2.45) is 0 Å². The minimum absolute atomic E-state index is 0.646. The Morgan fingerprint density at radius 2 is 2.24 bits per heavy atom. The maximum absolute atomic E-state index is 5.33. The molecule has 4 nitrogen and oxygen atoms in total. The zero-order chi connectivity index (χ0) is 11.5. The minimum Gasteiger partial charge on any atom is -0.334 e. The van der Waals surface area contributed by atoms with Gasteiger partial charge in [-0.25, -0.2) is 0 Å². The van der Waals surface area contributed by atoms with E-state index in [0.717, 1.165) is 17.7 Å². The Bertz CT molecular complexity index is 516. The Morgan fingerprint density at radius 3 is 3.12 bits per heavy atom. The van der Waals surface area contributed by atoms with Crippen LogP contribution in [-0.4, -0.2) is 15.1 Å². The third-order valence-electron chi connectivity index (χ3n) is 2.89. The van der Waals surface area contributed by atoms with E-state index in [4.69, 9.17) is 4.52 Å². The van der Waals surface area contributed by atoms with Crippen LogP contribution in [0.15, 0.2) is 22.3 Å². The number of hydrogen-bond acceptors (Lipinski definition) is 5. The molecule has 0 spiro atoms. The quantitative estimate of drug-likeness (QED) is 0.814. The fraction of sp³-hybridized carbons (Fsp3) is 0.417. The predicted octanol–water partition coefficient (Wildman–Crippen LogP) is 3.54. The summed E-state index contributed by atoms with van der Waals surface area (Å²) in [4.78, 5) is 9.41. The summed E-state index contributed by atoms with van der Waals surface area (Å²) in [6, 6.07) is 0. The van der Waals surface area contributed by atoms with Gasteiger partial charge >= 0.3 is 0 Å². The maximum atomic E-state index is 5.33. The first-order valence-corrected chi connectivity index (χ1v) is 6.73. The van der Waals surface area contributed by atoms with Crippen LogP contribution < -0.4 is 0 Å². The number of aromatic nitrogens is 3. The summed E-state index contributed by atoms with van der Waals surface area (Å²) in [5.74, 6) is 1.32. The lowest BCUT2D eigenvalue weighted by atomic mass is 10.1. The van der Waals surface area contributed by atoms with Crippen LogP contribution in [0.3, 0.4) is 0 Å². The second-order valence-electron chi connectivity index (χ2n) is 4.12. The zero-order valence-electron chi connectivity index (χ0n) is 9.43. The Labute approximate surface area is 103 Å². The zero-order valence-corrected chi connectivity index (χ0v) is 10.2. The van der Waals surface area contributed by atoms with E-state index >= 15 is 0 Å². The van der Waals surface area contributed by atoms with Crippen molar-refractivity contribution < 1.29 is 4.52 Å². The van der Waals surface area contributed by atoms with Crippen LogP contribution >= 0.6 is 11.3 Å². The van der Waals surface area contributed by atoms with Gasteiger partial charge in [-0.1, -0.05) is 17.7 Å². The SMILES string of the molecule is C1=C(c2nc(-c3cncs3)no2)CCCCC1. The fourth-order valence-electron chi connectivity index (χ4n) is 1.99. The molecule has 1 aliphatic carbocycles. The second-order valence-corrected chi connectivity index (χ2v) is 5.00. The Kier molecular flexibility index (Phi) is 3.00. The van der Waals surface area contributed by atoms with E-state index in [2.05, 4.69) is 21.2 Å². The third-order valence-corrected chi connectivity index (χ3v) is 3.66. The first kappa shape index (κ1) is 10.7. The Morgan fingerprint density at radius 1 is 1.24 bits per heavy atom. The van der Waals surface area contributed by atoms with Crippen molar-refractivity contribution in [2.75, 3.05) is 0 Å². The molecule has 0 unspecified atom stereocenters. The molecule has 0 saturated heterocycles. The topological polar surface area (TPSA) is 51.8 Å². The molecule has 0 amide bonds. The number of nitrogens with zero attached hydrogens (tertiary/aromatic N) is 3. The smallest absolute Gasteiger partial charge is 0.253 e. The molecule has 0 radical (unpaired) electrons. The van der Waals surface area contributed by atoms with E-state index < -0.39 is 0 Å². The molecule has 0 bridgehead atoms. The minimum atomic E-state index is 0.646. The average molecular weight is 247 g/mol. The summed E-state index contributed by atoms with van der Waals surface area (Å²) in [7, 11) is 0. The van der Waals surface area contributed by atoms with Gasteiger partial charge in [0.1, 0.15) is 0 Å². The van der Waals surface area contributed by atoms with Crippen LogP contribution in [-0.2, 0) is 0 Å². The van der Waals surface area contributed by atoms with E-state index in [0.29, 0.717) is 11.7 Å². The molecule has 2 aromatic heterocycles. The largest absolute Gasteiger partial charge is 0.334 e. The molecule has 88 valence electrons. The molecule has 3 rings (SSSR count). The summed E-state index contributed by atoms with van der Waals surface area (Å²) in [6.07, 6.45) is 9.93. The van der Waals surface area contributed by atoms with E-state index in [1.165, 1.54) is 36.2 Å². The van der Waals surface area contributed by atoms with Crippen molar-refractivity contribution in [3.05, 3.63) is 23.7 Å². The van der Waals surface area contributed by atoms with Gasteiger partial charge < -0.3 is 4.52 Å². The number of thiazole rings is 1. The van der Waals surface area contributed by atoms with Gasteiger partial charge in [0, 0.05) is 11.8 Å². The van der Waals surface area contributed by atoms with Crippen molar-refractivity contribution in [1.82, 2.24) is 15.1 Å². The van der Waals surface area contributed by atoms with Gasteiger partial charge in [0.05, 0.1) is 10.4 Å². The molecular formula is C12H13N3OS. The van der Waals surface area contributed by atoms with Crippen LogP contribution in [0.2, 0.25) is 0 Å². The standard InChI is InChI=1S/C12H13N3OS/c1-2-4-6-9(5-3-1)12-14-11(15-16-12)10-7-13-8-17-10/h5,7-8H,1-4,6H2. The Balaban J connectivity index is 1.87. The van der Waals surface area contributed by atoms with E-state index in [9.17, 15) is 0 Å². The van der Waals surface area contributed by atoms with Crippen molar-refractivity contribution in [1.29, 1.82) is 0 Å². The lowest BCUT2D eigenvalue weighted by molar-refractivity contribution is 0.406. The van der Waals surface area contributed by atoms with Gasteiger partial charge in [-0.2, -0.15) is 4.98 Å². The highest BCUT2D eigenvalue weighted by atomic mass is 32.1. The van der Waals surface area contributed by atoms with Gasteiger partial charge in [0.2, 0.25) is 5.82 Å². The average Bonchev–Trinajstić information content (AvgIpc) is 2.95. The van der Waals surface area contributed by atoms with Crippen molar-refractivity contribution >= 4 is 16.9 Å². The van der Waals surface area contributed by atoms with Crippen LogP contribution in [0.5, 0.6) is 0 Å². The molecule has 2 heterocycles. The molecule has 0 fully saturated rings. The first-order chi connectivity index (χ1) is 8.43. The summed E-state index contributed by atoms with van der Waals surface area (Å²) in [6.45, 7) is 0. The highest BCUT2D eigenvalue weighted by molar-refractivity contribution is 7.13. The normalized spacial score (nSPS) is 16.6. The summed E-state index contributed by atoms with van der Waals surface area (Å²) in [5.41, 5.74) is 2.97. The van der Waals surface area contributed by atoms with E-state index in [1.54, 1.807) is 11.7 Å². The molecule has 17 heavy (non-hydrogen) atoms. The molecule has 1 aliphatic rings. The monoisotopic (exact) mass is 247 g/mol. The molecular weight excluding hydrogens is 234 g/mol. The van der Waals surface area contributed by atoms with Crippen LogP contribution in [0.1, 0.15) is 38.0 Å². The highest BCUT2D eigenvalue weighted by Gasteiger charge is 2.14. The molecule has 2 aromatic rings. The van der Waals surface area contributed by atoms with Crippen LogP contribution in [0.25, 0.3) is 16.3 Å². The van der Waals surface area contributed by atoms with Gasteiger partial charge in [-0.05, 0) is 25.7 Å². The second kappa shape index (κ2) is 4.79. The van der Waals surface area contributed by atoms with Gasteiger partial charge in [0.25, 0.3) is 5.89 Å². The molecule has 0 atom stereocenters.